The van der Waals surface area contributed by atoms with Gasteiger partial charge in [0.15, 0.2) is 0 Å². The van der Waals surface area contributed by atoms with Gasteiger partial charge in [-0.15, -0.1) is 11.3 Å². The van der Waals surface area contributed by atoms with Gasteiger partial charge >= 0.3 is 0 Å². The van der Waals surface area contributed by atoms with Crippen molar-refractivity contribution in [2.24, 2.45) is 0 Å². The Balaban J connectivity index is 3.14. The molecule has 1 aromatic rings. The Hall–Kier alpha value is 0.0549. The van der Waals surface area contributed by atoms with E-state index < -0.39 is 0 Å². The van der Waals surface area contributed by atoms with E-state index in [0.717, 1.165) is 4.34 Å². The molecule has 0 unspecified atom stereocenters. The number of thiophene rings is 1. The minimum Gasteiger partial charge on any atom is -0.129 e. The highest BCUT2D eigenvalue weighted by atomic mass is 35.5. The van der Waals surface area contributed by atoms with Crippen molar-refractivity contribution in [3.05, 3.63) is 15.3 Å². The quantitative estimate of drug-likeness (QED) is 0.476. The molecule has 1 aromatic heterocycles. The van der Waals surface area contributed by atoms with Crippen LogP contribution in [-0.4, -0.2) is 7.85 Å². The van der Waals surface area contributed by atoms with Gasteiger partial charge in [0, 0.05) is 0 Å². The van der Waals surface area contributed by atoms with Crippen LogP contribution in [0.4, 0.5) is 0 Å². The predicted octanol–water partition coefficient (Wildman–Crippen LogP) is 0.968. The molecule has 0 spiro atoms. The molecule has 0 saturated carbocycles. The first-order chi connectivity index (χ1) is 3.70. The summed E-state index contributed by atoms with van der Waals surface area (Å²) in [7, 11) is 2.07. The normalized spacial score (nSPS) is 9.75. The largest absolute Gasteiger partial charge is 0.140 e. The van der Waals surface area contributed by atoms with Gasteiger partial charge in [-0.2, -0.15) is 0 Å². The van der Waals surface area contributed by atoms with Crippen molar-refractivity contribution >= 4 is 36.2 Å². The van der Waals surface area contributed by atoms with Gasteiger partial charge < -0.3 is 0 Å². The van der Waals surface area contributed by atoms with Crippen LogP contribution in [-0.2, 0) is 0 Å². The third kappa shape index (κ3) is 1.06. The van der Waals surface area contributed by atoms with Crippen LogP contribution < -0.4 is 5.46 Å². The fourth-order valence-corrected chi connectivity index (χ4v) is 1.79. The molecule has 0 nitrogen and oxygen atoms in total. The third-order valence-corrected chi connectivity index (χ3v) is 2.42. The van der Waals surface area contributed by atoms with Gasteiger partial charge in [0.1, 0.15) is 7.85 Å². The number of rotatable bonds is 0. The van der Waals surface area contributed by atoms with Crippen LogP contribution in [0.15, 0.2) is 6.07 Å². The summed E-state index contributed by atoms with van der Waals surface area (Å²) in [5.41, 5.74) is 1.29. The first kappa shape index (κ1) is 6.18. The molecule has 3 heteroatoms. The molecule has 0 aromatic carbocycles. The minimum atomic E-state index is 0.889. The van der Waals surface area contributed by atoms with Crippen LogP contribution in [0.25, 0.3) is 0 Å². The van der Waals surface area contributed by atoms with E-state index in [4.69, 9.17) is 11.6 Å². The molecule has 0 N–H and O–H groups in total. The standard InChI is InChI=1S/C5H6BClS/c1-3-4(6)2-5(7)8-3/h2H,6H2,1H3. The SMILES string of the molecule is Bc1cc(Cl)sc1C. The second-order valence-electron chi connectivity index (χ2n) is 1.79. The van der Waals surface area contributed by atoms with E-state index in [9.17, 15) is 0 Å². The van der Waals surface area contributed by atoms with Gasteiger partial charge in [-0.3, -0.25) is 0 Å². The number of halogens is 1. The number of hydrogen-bond donors (Lipinski definition) is 0. The lowest BCUT2D eigenvalue weighted by Gasteiger charge is -1.79. The Kier molecular flexibility index (Phi) is 1.63. The molecular formula is C5H6BClS. The van der Waals surface area contributed by atoms with Crippen molar-refractivity contribution in [3.8, 4) is 0 Å². The Morgan fingerprint density at radius 3 is 2.50 bits per heavy atom. The highest BCUT2D eigenvalue weighted by molar-refractivity contribution is 7.17. The van der Waals surface area contributed by atoms with Crippen molar-refractivity contribution in [1.29, 1.82) is 0 Å². The maximum Gasteiger partial charge on any atom is 0.140 e. The summed E-state index contributed by atoms with van der Waals surface area (Å²) >= 11 is 7.32. The Bertz CT molecular complexity index is 175. The highest BCUT2D eigenvalue weighted by Gasteiger charge is 1.95. The average Bonchev–Trinajstić information content (AvgIpc) is 1.85. The van der Waals surface area contributed by atoms with Gasteiger partial charge in [-0.1, -0.05) is 17.1 Å². The maximum atomic E-state index is 5.68. The summed E-state index contributed by atoms with van der Waals surface area (Å²) in [6.07, 6.45) is 0. The lowest BCUT2D eigenvalue weighted by Crippen LogP contribution is -1.98. The summed E-state index contributed by atoms with van der Waals surface area (Å²) < 4.78 is 0.889. The zero-order valence-corrected chi connectivity index (χ0v) is 6.44. The molecule has 0 fully saturated rings. The summed E-state index contributed by atoms with van der Waals surface area (Å²) in [6.45, 7) is 2.08. The van der Waals surface area contributed by atoms with Crippen LogP contribution in [0.5, 0.6) is 0 Å². The van der Waals surface area contributed by atoms with Crippen LogP contribution >= 0.6 is 22.9 Å². The first-order valence-electron chi connectivity index (χ1n) is 2.42. The molecule has 42 valence electrons. The first-order valence-corrected chi connectivity index (χ1v) is 3.62. The molecular weight excluding hydrogens is 138 g/mol. The fraction of sp³-hybridized carbons (Fsp3) is 0.200. The maximum absolute atomic E-state index is 5.68. The van der Waals surface area contributed by atoms with E-state index in [1.807, 2.05) is 6.07 Å². The second kappa shape index (κ2) is 2.12. The van der Waals surface area contributed by atoms with Gasteiger partial charge in [0.05, 0.1) is 4.34 Å². The van der Waals surface area contributed by atoms with Crippen molar-refractivity contribution in [2.75, 3.05) is 0 Å². The number of aryl methyl sites for hydroxylation is 1. The van der Waals surface area contributed by atoms with E-state index in [2.05, 4.69) is 14.8 Å². The summed E-state index contributed by atoms with van der Waals surface area (Å²) in [6, 6.07) is 1.99. The van der Waals surface area contributed by atoms with Crippen molar-refractivity contribution in [2.45, 2.75) is 6.92 Å². The van der Waals surface area contributed by atoms with Crippen LogP contribution in [0.3, 0.4) is 0 Å². The molecule has 0 amide bonds. The summed E-state index contributed by atoms with van der Waals surface area (Å²) in [5.74, 6) is 0. The summed E-state index contributed by atoms with van der Waals surface area (Å²) in [4.78, 5) is 1.31. The molecule has 0 aliphatic rings. The molecule has 0 atom stereocenters. The molecule has 0 aliphatic heterocycles. The topological polar surface area (TPSA) is 0 Å². The molecule has 0 radical (unpaired) electrons. The number of hydrogen-bond acceptors (Lipinski definition) is 1. The third-order valence-electron chi connectivity index (χ3n) is 1.14. The van der Waals surface area contributed by atoms with E-state index in [0.29, 0.717) is 0 Å². The Morgan fingerprint density at radius 1 is 1.75 bits per heavy atom. The van der Waals surface area contributed by atoms with Gasteiger partial charge in [0.25, 0.3) is 0 Å². The molecule has 0 bridgehead atoms. The van der Waals surface area contributed by atoms with Gasteiger partial charge in [0.2, 0.25) is 0 Å². The highest BCUT2D eigenvalue weighted by Crippen LogP contribution is 2.17. The molecule has 1 heterocycles. The van der Waals surface area contributed by atoms with Gasteiger partial charge in [-0.25, -0.2) is 0 Å². The predicted molar refractivity (Wildman–Crippen MR) is 42.2 cm³/mol. The van der Waals surface area contributed by atoms with Crippen molar-refractivity contribution in [3.63, 3.8) is 0 Å². The van der Waals surface area contributed by atoms with Crippen molar-refractivity contribution in [1.82, 2.24) is 0 Å². The Labute approximate surface area is 58.9 Å². The van der Waals surface area contributed by atoms with Crippen LogP contribution in [0, 0.1) is 6.92 Å². The monoisotopic (exact) mass is 144 g/mol. The smallest absolute Gasteiger partial charge is 0.129 e. The molecule has 8 heavy (non-hydrogen) atoms. The molecule has 1 rings (SSSR count). The zero-order chi connectivity index (χ0) is 6.15. The van der Waals surface area contributed by atoms with E-state index >= 15 is 0 Å². The molecule has 0 saturated heterocycles. The Morgan fingerprint density at radius 2 is 2.38 bits per heavy atom. The average molecular weight is 144 g/mol. The lowest BCUT2D eigenvalue weighted by molar-refractivity contribution is 1.69. The van der Waals surface area contributed by atoms with Crippen molar-refractivity contribution < 1.29 is 0 Å². The molecule has 0 aliphatic carbocycles. The minimum absolute atomic E-state index is 0.889. The van der Waals surface area contributed by atoms with E-state index in [-0.39, 0.29) is 0 Å². The lowest BCUT2D eigenvalue weighted by atomic mass is 9.98. The van der Waals surface area contributed by atoms with E-state index in [1.165, 1.54) is 10.3 Å². The zero-order valence-electron chi connectivity index (χ0n) is 4.86. The summed E-state index contributed by atoms with van der Waals surface area (Å²) in [5, 5.41) is 0. The fourth-order valence-electron chi connectivity index (χ4n) is 0.528. The van der Waals surface area contributed by atoms with Gasteiger partial charge in [-0.05, 0) is 17.9 Å². The van der Waals surface area contributed by atoms with Crippen LogP contribution in [0.2, 0.25) is 4.34 Å². The van der Waals surface area contributed by atoms with Crippen LogP contribution in [0.1, 0.15) is 4.88 Å². The second-order valence-corrected chi connectivity index (χ2v) is 3.68. The van der Waals surface area contributed by atoms with E-state index in [1.54, 1.807) is 11.3 Å².